The van der Waals surface area contributed by atoms with Crippen LogP contribution in [0.15, 0.2) is 71.7 Å². The van der Waals surface area contributed by atoms with Crippen LogP contribution in [0.4, 0.5) is 17.1 Å². The Hall–Kier alpha value is -4.96. The van der Waals surface area contributed by atoms with Gasteiger partial charge in [-0.1, -0.05) is 32.0 Å². The Morgan fingerprint density at radius 3 is 2.32 bits per heavy atom. The highest BCUT2D eigenvalue weighted by Crippen LogP contribution is 2.42. The number of anilines is 2. The van der Waals surface area contributed by atoms with E-state index >= 15 is 0 Å². The van der Waals surface area contributed by atoms with Crippen molar-refractivity contribution in [3.05, 3.63) is 100 Å². The second-order valence-corrected chi connectivity index (χ2v) is 17.7. The minimum atomic E-state index is -0.111. The zero-order valence-electron chi connectivity index (χ0n) is 33.8. The number of carbonyl (C=O) groups is 2. The number of carbonyl (C=O) groups excluding carboxylic acids is 2. The lowest BCUT2D eigenvalue weighted by atomic mass is 9.98. The van der Waals surface area contributed by atoms with Gasteiger partial charge in [0.05, 0.1) is 44.2 Å². The van der Waals surface area contributed by atoms with Gasteiger partial charge in [-0.25, -0.2) is 0 Å². The summed E-state index contributed by atoms with van der Waals surface area (Å²) in [5.41, 5.74) is 8.19. The summed E-state index contributed by atoms with van der Waals surface area (Å²) in [5.74, 6) is 2.82. The van der Waals surface area contributed by atoms with Crippen LogP contribution in [0.2, 0.25) is 0 Å². The van der Waals surface area contributed by atoms with Crippen molar-refractivity contribution in [3.63, 3.8) is 0 Å². The van der Waals surface area contributed by atoms with E-state index in [0.717, 1.165) is 103 Å². The van der Waals surface area contributed by atoms with Crippen molar-refractivity contribution >= 4 is 46.9 Å². The maximum atomic E-state index is 14.1. The molecule has 0 aliphatic carbocycles. The van der Waals surface area contributed by atoms with Crippen LogP contribution in [-0.4, -0.2) is 68.0 Å². The van der Waals surface area contributed by atoms with Crippen molar-refractivity contribution in [3.8, 4) is 23.0 Å². The Morgan fingerprint density at radius 2 is 1.51 bits per heavy atom. The molecule has 4 aromatic carbocycles. The van der Waals surface area contributed by atoms with Crippen LogP contribution < -0.4 is 28.7 Å². The molecule has 0 fully saturated rings. The van der Waals surface area contributed by atoms with Gasteiger partial charge in [0, 0.05) is 46.4 Å². The van der Waals surface area contributed by atoms with Gasteiger partial charge in [0.15, 0.2) is 11.5 Å². The molecule has 57 heavy (non-hydrogen) atoms. The van der Waals surface area contributed by atoms with Crippen LogP contribution >= 0.6 is 11.8 Å². The summed E-state index contributed by atoms with van der Waals surface area (Å²) < 4.78 is 24.5. The molecule has 2 atom stereocenters. The van der Waals surface area contributed by atoms with Gasteiger partial charge in [0.2, 0.25) is 0 Å². The molecule has 298 valence electrons. The van der Waals surface area contributed by atoms with E-state index in [4.69, 9.17) is 23.9 Å². The first-order valence-electron chi connectivity index (χ1n) is 20.4. The first-order valence-corrected chi connectivity index (χ1v) is 21.6. The Labute approximate surface area is 340 Å². The lowest BCUT2D eigenvalue weighted by Crippen LogP contribution is -2.37. The fraction of sp³-hybridized carbons (Fsp3) is 0.426. The third kappa shape index (κ3) is 7.98. The average Bonchev–Trinajstić information content (AvgIpc) is 3.70. The van der Waals surface area contributed by atoms with Crippen molar-refractivity contribution in [2.45, 2.75) is 95.4 Å². The molecule has 0 bridgehead atoms. The van der Waals surface area contributed by atoms with E-state index in [9.17, 15) is 9.59 Å². The van der Waals surface area contributed by atoms with Crippen LogP contribution in [0.1, 0.15) is 95.3 Å². The van der Waals surface area contributed by atoms with Crippen LogP contribution in [0.25, 0.3) is 0 Å². The average molecular weight is 788 g/mol. The molecule has 8 rings (SSSR count). The number of amides is 2. The first-order chi connectivity index (χ1) is 27.6. The number of para-hydroxylation sites is 1. The van der Waals surface area contributed by atoms with Gasteiger partial charge in [0.25, 0.3) is 11.8 Å². The molecule has 4 aromatic rings. The maximum Gasteiger partial charge on any atom is 0.261 e. The number of aryl methyl sites for hydroxylation is 2. The monoisotopic (exact) mass is 787 g/mol. The second-order valence-electron chi connectivity index (χ2n) is 16.2. The van der Waals surface area contributed by atoms with E-state index in [1.54, 1.807) is 13.2 Å². The summed E-state index contributed by atoms with van der Waals surface area (Å²) in [4.78, 5) is 36.3. The molecule has 9 nitrogen and oxygen atoms in total. The Kier molecular flexibility index (Phi) is 11.3. The highest BCUT2D eigenvalue weighted by molar-refractivity contribution is 7.99. The number of unbranched alkanes of at least 4 members (excludes halogenated alkanes) is 2. The standard InChI is InChI=1S/C47H53N3O6S/c1-30-22-37-31(14-15-34-24-33-25-36(16-17-41(33)49(34)45(37)51)54-21-11-18-47(2,3)57-5)26-42(30)55-19-9-6-10-20-56-44-28-39-38(27-43(44)53-4)46(52)50-35(29-48-39)23-32-12-7-8-13-40(32)50/h7-8,12-13,16-17,22,25-29,34-35H,6,9-11,14-15,18-21,23-24H2,1-5H3/t34-,35+/m1/s1. The lowest BCUT2D eigenvalue weighted by molar-refractivity contribution is 0.0975. The number of aliphatic imine (C=N–C) groups is 1. The predicted octanol–water partition coefficient (Wildman–Crippen LogP) is 9.74. The zero-order chi connectivity index (χ0) is 39.7. The van der Waals surface area contributed by atoms with Crippen LogP contribution in [0.5, 0.6) is 23.0 Å². The summed E-state index contributed by atoms with van der Waals surface area (Å²) in [6.45, 7) is 8.35. The predicted molar refractivity (Wildman–Crippen MR) is 229 cm³/mol. The normalized spacial score (nSPS) is 17.8. The topological polar surface area (TPSA) is 89.9 Å². The van der Waals surface area contributed by atoms with Crippen molar-refractivity contribution < 1.29 is 28.5 Å². The first kappa shape index (κ1) is 38.9. The highest BCUT2D eigenvalue weighted by Gasteiger charge is 2.38. The molecule has 2 amide bonds. The van der Waals surface area contributed by atoms with Gasteiger partial charge in [0.1, 0.15) is 11.5 Å². The number of rotatable bonds is 15. The molecular weight excluding hydrogens is 735 g/mol. The number of benzene rings is 4. The summed E-state index contributed by atoms with van der Waals surface area (Å²) in [5, 5.41) is 0. The minimum absolute atomic E-state index is 0.0736. The fourth-order valence-corrected chi connectivity index (χ4v) is 8.91. The molecule has 0 saturated carbocycles. The molecule has 0 spiro atoms. The number of nitrogens with zero attached hydrogens (tertiary/aromatic N) is 3. The number of methoxy groups -OCH3 is 1. The van der Waals surface area contributed by atoms with Gasteiger partial charge in [-0.15, -0.1) is 0 Å². The van der Waals surface area contributed by atoms with E-state index in [0.29, 0.717) is 42.6 Å². The molecule has 0 aromatic heterocycles. The van der Waals surface area contributed by atoms with Crippen molar-refractivity contribution in [2.24, 2.45) is 4.99 Å². The molecule has 4 aliphatic rings. The number of fused-ring (bicyclic) bond motifs is 8. The number of hydrogen-bond acceptors (Lipinski definition) is 8. The van der Waals surface area contributed by atoms with E-state index in [-0.39, 0.29) is 28.6 Å². The number of ether oxygens (including phenoxy) is 4. The molecular formula is C47H53N3O6S. The van der Waals surface area contributed by atoms with E-state index in [2.05, 4.69) is 44.4 Å². The summed E-state index contributed by atoms with van der Waals surface area (Å²) in [7, 11) is 1.59. The Balaban J connectivity index is 0.824. The Morgan fingerprint density at radius 1 is 0.754 bits per heavy atom. The van der Waals surface area contributed by atoms with Gasteiger partial charge >= 0.3 is 0 Å². The highest BCUT2D eigenvalue weighted by atomic mass is 32.2. The summed E-state index contributed by atoms with van der Waals surface area (Å²) in [6.07, 6.45) is 12.1. The molecule has 10 heteroatoms. The lowest BCUT2D eigenvalue weighted by Gasteiger charge is -2.23. The van der Waals surface area contributed by atoms with Crippen molar-refractivity contribution in [1.29, 1.82) is 0 Å². The zero-order valence-corrected chi connectivity index (χ0v) is 34.6. The molecule has 4 heterocycles. The third-order valence-electron chi connectivity index (χ3n) is 11.9. The van der Waals surface area contributed by atoms with Crippen LogP contribution in [0.3, 0.4) is 0 Å². The summed E-state index contributed by atoms with van der Waals surface area (Å²) in [6, 6.07) is 21.9. The number of hydrogen-bond donors (Lipinski definition) is 0. The van der Waals surface area contributed by atoms with E-state index in [1.807, 2.05) is 71.1 Å². The van der Waals surface area contributed by atoms with Gasteiger partial charge in [-0.3, -0.25) is 19.5 Å². The SMILES string of the molecule is COc1cc2c(cc1OCCCCCOc1cc3c(cc1C)C(=O)N1c4ccc(OCCCC(C)(C)SC)cc4C[C@H]1CC3)N=C[C@@H]1Cc3ccccc3N1C2=O. The largest absolute Gasteiger partial charge is 0.494 e. The number of thioether (sulfide) groups is 1. The molecule has 4 aliphatic heterocycles. The summed E-state index contributed by atoms with van der Waals surface area (Å²) >= 11 is 1.89. The van der Waals surface area contributed by atoms with Gasteiger partial charge in [-0.05, 0) is 129 Å². The van der Waals surface area contributed by atoms with Crippen LogP contribution in [0, 0.1) is 6.92 Å². The van der Waals surface area contributed by atoms with Crippen molar-refractivity contribution in [2.75, 3.05) is 43.0 Å². The molecule has 0 radical (unpaired) electrons. The molecule has 0 N–H and O–H groups in total. The maximum absolute atomic E-state index is 14.1. The van der Waals surface area contributed by atoms with Crippen LogP contribution in [-0.2, 0) is 19.3 Å². The van der Waals surface area contributed by atoms with Gasteiger partial charge in [-0.2, -0.15) is 11.8 Å². The molecule has 0 unspecified atom stereocenters. The fourth-order valence-electron chi connectivity index (χ4n) is 8.57. The van der Waals surface area contributed by atoms with Gasteiger partial charge < -0.3 is 23.8 Å². The van der Waals surface area contributed by atoms with Crippen molar-refractivity contribution in [1.82, 2.24) is 0 Å². The van der Waals surface area contributed by atoms with E-state index in [1.165, 1.54) is 5.56 Å². The molecule has 0 saturated heterocycles. The quantitative estimate of drug-likeness (QED) is 0.111. The third-order valence-corrected chi connectivity index (χ3v) is 13.2. The second kappa shape index (κ2) is 16.5. The Bertz CT molecular complexity index is 2200. The van der Waals surface area contributed by atoms with E-state index < -0.39 is 0 Å². The smallest absolute Gasteiger partial charge is 0.261 e. The minimum Gasteiger partial charge on any atom is -0.494 e.